The maximum atomic E-state index is 12.6. The summed E-state index contributed by atoms with van der Waals surface area (Å²) in [7, 11) is 0. The van der Waals surface area contributed by atoms with Crippen LogP contribution in [0.5, 0.6) is 0 Å². The van der Waals surface area contributed by atoms with E-state index >= 15 is 0 Å². The van der Waals surface area contributed by atoms with Crippen molar-refractivity contribution in [2.45, 2.75) is 6.18 Å². The summed E-state index contributed by atoms with van der Waals surface area (Å²) < 4.78 is 38.7. The molecule has 2 aromatic rings. The molecule has 0 unspecified atom stereocenters. The van der Waals surface area contributed by atoms with Crippen LogP contribution in [0.3, 0.4) is 0 Å². The average molecular weight is 317 g/mol. The van der Waals surface area contributed by atoms with Crippen LogP contribution in [-0.4, -0.2) is 20.9 Å². The van der Waals surface area contributed by atoms with Crippen LogP contribution in [0.1, 0.15) is 11.3 Å². The van der Waals surface area contributed by atoms with E-state index in [-0.39, 0.29) is 5.69 Å². The van der Waals surface area contributed by atoms with Gasteiger partial charge in [0.2, 0.25) is 0 Å². The SMILES string of the molecule is O=C(O)/C=C/c1ccc(Cl)cc1-n1ccc(C(F)(F)F)n1. The van der Waals surface area contributed by atoms with Gasteiger partial charge in [-0.2, -0.15) is 18.3 Å². The summed E-state index contributed by atoms with van der Waals surface area (Å²) in [4.78, 5) is 10.5. The van der Waals surface area contributed by atoms with Crippen LogP contribution in [0.2, 0.25) is 5.02 Å². The number of halogens is 4. The Labute approximate surface area is 122 Å². The second-order valence-electron chi connectivity index (χ2n) is 4.02. The molecule has 0 radical (unpaired) electrons. The Bertz CT molecular complexity index is 708. The minimum absolute atomic E-state index is 0.246. The highest BCUT2D eigenvalue weighted by Crippen LogP contribution is 2.29. The van der Waals surface area contributed by atoms with Gasteiger partial charge in [-0.15, -0.1) is 0 Å². The first-order valence-electron chi connectivity index (χ1n) is 5.61. The minimum Gasteiger partial charge on any atom is -0.478 e. The van der Waals surface area contributed by atoms with Gasteiger partial charge in [-0.25, -0.2) is 9.48 Å². The fraction of sp³-hybridized carbons (Fsp3) is 0.0769. The lowest BCUT2D eigenvalue weighted by Crippen LogP contribution is -2.07. The zero-order valence-corrected chi connectivity index (χ0v) is 11.1. The summed E-state index contributed by atoms with van der Waals surface area (Å²) in [5, 5.41) is 12.3. The van der Waals surface area contributed by atoms with Gasteiger partial charge >= 0.3 is 12.1 Å². The van der Waals surface area contributed by atoms with Gasteiger partial charge in [0, 0.05) is 22.9 Å². The third-order valence-corrected chi connectivity index (χ3v) is 2.76. The Morgan fingerprint density at radius 3 is 2.62 bits per heavy atom. The van der Waals surface area contributed by atoms with Gasteiger partial charge in [-0.3, -0.25) is 0 Å². The molecule has 1 aromatic heterocycles. The summed E-state index contributed by atoms with van der Waals surface area (Å²) >= 11 is 5.82. The van der Waals surface area contributed by atoms with Crippen LogP contribution in [0.4, 0.5) is 13.2 Å². The van der Waals surface area contributed by atoms with Crippen LogP contribution < -0.4 is 0 Å². The molecule has 0 fully saturated rings. The molecule has 0 bridgehead atoms. The van der Waals surface area contributed by atoms with Crippen molar-refractivity contribution in [3.05, 3.63) is 52.8 Å². The largest absolute Gasteiger partial charge is 0.478 e. The maximum absolute atomic E-state index is 12.6. The summed E-state index contributed by atoms with van der Waals surface area (Å²) in [5.41, 5.74) is -0.426. The van der Waals surface area contributed by atoms with E-state index in [1.807, 2.05) is 0 Å². The Morgan fingerprint density at radius 2 is 2.05 bits per heavy atom. The van der Waals surface area contributed by atoms with E-state index in [9.17, 15) is 18.0 Å². The standard InChI is InChI=1S/C13H8ClF3N2O2/c14-9-3-1-8(2-4-12(20)21)10(7-9)19-6-5-11(18-19)13(15,16)17/h1-7H,(H,20,21)/b4-2+. The van der Waals surface area contributed by atoms with E-state index in [1.54, 1.807) is 0 Å². The summed E-state index contributed by atoms with van der Waals surface area (Å²) in [6.07, 6.45) is -1.29. The van der Waals surface area contributed by atoms with Crippen molar-refractivity contribution < 1.29 is 23.1 Å². The van der Waals surface area contributed by atoms with Crippen molar-refractivity contribution in [3.8, 4) is 5.69 Å². The molecule has 0 spiro atoms. The molecule has 0 aliphatic rings. The van der Waals surface area contributed by atoms with Crippen LogP contribution in [0.25, 0.3) is 11.8 Å². The molecule has 1 N–H and O–H groups in total. The first kappa shape index (κ1) is 15.1. The van der Waals surface area contributed by atoms with Crippen LogP contribution in [0.15, 0.2) is 36.5 Å². The number of carboxylic acids is 1. The predicted molar refractivity (Wildman–Crippen MR) is 70.2 cm³/mol. The Morgan fingerprint density at radius 1 is 1.33 bits per heavy atom. The normalized spacial score (nSPS) is 12.0. The Balaban J connectivity index is 2.49. The van der Waals surface area contributed by atoms with E-state index in [0.29, 0.717) is 10.6 Å². The number of rotatable bonds is 3. The van der Waals surface area contributed by atoms with Gasteiger partial charge in [0.1, 0.15) is 0 Å². The van der Waals surface area contributed by atoms with E-state index in [1.165, 1.54) is 24.3 Å². The van der Waals surface area contributed by atoms with Crippen molar-refractivity contribution in [2.24, 2.45) is 0 Å². The average Bonchev–Trinajstić information content (AvgIpc) is 2.86. The number of hydrogen-bond acceptors (Lipinski definition) is 2. The lowest BCUT2D eigenvalue weighted by atomic mass is 10.1. The molecule has 0 saturated heterocycles. The smallest absolute Gasteiger partial charge is 0.435 e. The highest BCUT2D eigenvalue weighted by Gasteiger charge is 2.33. The van der Waals surface area contributed by atoms with E-state index in [4.69, 9.17) is 16.7 Å². The third kappa shape index (κ3) is 3.63. The minimum atomic E-state index is -4.55. The highest BCUT2D eigenvalue weighted by molar-refractivity contribution is 6.30. The van der Waals surface area contributed by atoms with Gasteiger partial charge < -0.3 is 5.11 Å². The topological polar surface area (TPSA) is 55.1 Å². The molecular formula is C13H8ClF3N2O2. The first-order chi connectivity index (χ1) is 9.77. The molecular weight excluding hydrogens is 309 g/mol. The molecule has 21 heavy (non-hydrogen) atoms. The van der Waals surface area contributed by atoms with Gasteiger partial charge in [-0.05, 0) is 24.3 Å². The molecule has 0 aliphatic heterocycles. The van der Waals surface area contributed by atoms with Gasteiger partial charge in [-0.1, -0.05) is 17.7 Å². The van der Waals surface area contributed by atoms with Crippen molar-refractivity contribution in [1.82, 2.24) is 9.78 Å². The van der Waals surface area contributed by atoms with E-state index < -0.39 is 17.8 Å². The van der Waals surface area contributed by atoms with Gasteiger partial charge in [0.05, 0.1) is 5.69 Å². The molecule has 1 aromatic carbocycles. The molecule has 1 heterocycles. The van der Waals surface area contributed by atoms with Crippen LogP contribution in [-0.2, 0) is 11.0 Å². The number of aliphatic carboxylic acids is 1. The van der Waals surface area contributed by atoms with Crippen LogP contribution >= 0.6 is 11.6 Å². The Kier molecular flexibility index (Phi) is 4.04. The second-order valence-corrected chi connectivity index (χ2v) is 4.45. The molecule has 110 valence electrons. The maximum Gasteiger partial charge on any atom is 0.435 e. The zero-order valence-electron chi connectivity index (χ0n) is 10.3. The quantitative estimate of drug-likeness (QED) is 0.880. The highest BCUT2D eigenvalue weighted by atomic mass is 35.5. The summed E-state index contributed by atoms with van der Waals surface area (Å²) in [6.45, 7) is 0. The molecule has 8 heteroatoms. The van der Waals surface area contributed by atoms with Crippen molar-refractivity contribution in [1.29, 1.82) is 0 Å². The van der Waals surface area contributed by atoms with Crippen LogP contribution in [0, 0.1) is 0 Å². The number of carbonyl (C=O) groups is 1. The number of hydrogen-bond donors (Lipinski definition) is 1. The number of benzene rings is 1. The second kappa shape index (κ2) is 5.61. The van der Waals surface area contributed by atoms with Crippen molar-refractivity contribution >= 4 is 23.6 Å². The molecule has 0 saturated carbocycles. The molecule has 0 amide bonds. The molecule has 0 aliphatic carbocycles. The summed E-state index contributed by atoms with van der Waals surface area (Å²) in [6, 6.07) is 5.22. The molecule has 0 atom stereocenters. The molecule has 2 rings (SSSR count). The zero-order chi connectivity index (χ0) is 15.6. The predicted octanol–water partition coefficient (Wildman–Crippen LogP) is 3.64. The monoisotopic (exact) mass is 316 g/mol. The third-order valence-electron chi connectivity index (χ3n) is 2.52. The number of alkyl halides is 3. The fourth-order valence-electron chi connectivity index (χ4n) is 1.63. The number of aromatic nitrogens is 2. The van der Waals surface area contributed by atoms with Crippen molar-refractivity contribution in [3.63, 3.8) is 0 Å². The van der Waals surface area contributed by atoms with Gasteiger partial charge in [0.25, 0.3) is 0 Å². The van der Waals surface area contributed by atoms with Gasteiger partial charge in [0.15, 0.2) is 5.69 Å². The molecule has 4 nitrogen and oxygen atoms in total. The number of carboxylic acid groups (broad SMARTS) is 1. The Hall–Kier alpha value is -2.28. The van der Waals surface area contributed by atoms with E-state index in [0.717, 1.165) is 23.0 Å². The lowest BCUT2D eigenvalue weighted by Gasteiger charge is -2.07. The first-order valence-corrected chi connectivity index (χ1v) is 5.99. The number of nitrogens with zero attached hydrogens (tertiary/aromatic N) is 2. The fourth-order valence-corrected chi connectivity index (χ4v) is 1.79. The van der Waals surface area contributed by atoms with E-state index in [2.05, 4.69) is 5.10 Å². The lowest BCUT2D eigenvalue weighted by molar-refractivity contribution is -0.141. The summed E-state index contributed by atoms with van der Waals surface area (Å²) in [5.74, 6) is -1.17. The van der Waals surface area contributed by atoms with Crippen molar-refractivity contribution in [2.75, 3.05) is 0 Å².